The Morgan fingerprint density at radius 2 is 1.76 bits per heavy atom. The minimum atomic E-state index is -0.0596. The zero-order valence-corrected chi connectivity index (χ0v) is 10.8. The minimum absolute atomic E-state index is 0.0596. The summed E-state index contributed by atoms with van der Waals surface area (Å²) in [4.78, 5) is 7.59. The van der Waals surface area contributed by atoms with Crippen molar-refractivity contribution in [2.24, 2.45) is 5.73 Å². The Balaban J connectivity index is 2.49. The van der Waals surface area contributed by atoms with Gasteiger partial charge in [0.1, 0.15) is 5.82 Å². The Morgan fingerprint density at radius 3 is 2.35 bits per heavy atom. The molecule has 17 heavy (non-hydrogen) atoms. The van der Waals surface area contributed by atoms with Crippen LogP contribution in [0.5, 0.6) is 0 Å². The van der Waals surface area contributed by atoms with Crippen LogP contribution < -0.4 is 5.73 Å². The molecule has 0 fully saturated rings. The van der Waals surface area contributed by atoms with Crippen molar-refractivity contribution in [1.82, 2.24) is 9.97 Å². The molecule has 1 aromatic carbocycles. The molecule has 90 valence electrons. The maximum absolute atomic E-state index is 5.80. The van der Waals surface area contributed by atoms with Crippen molar-refractivity contribution in [3.63, 3.8) is 0 Å². The number of imidazole rings is 1. The highest BCUT2D eigenvalue weighted by Gasteiger charge is 2.09. The minimum Gasteiger partial charge on any atom is -0.341 e. The lowest BCUT2D eigenvalue weighted by atomic mass is 9.99. The zero-order valence-electron chi connectivity index (χ0n) is 10.8. The number of nitrogens with zero attached hydrogens (tertiary/aromatic N) is 1. The highest BCUT2D eigenvalue weighted by Crippen LogP contribution is 2.25. The van der Waals surface area contributed by atoms with Crippen LogP contribution in [0.25, 0.3) is 11.3 Å². The molecular weight excluding hydrogens is 210 g/mol. The fourth-order valence-electron chi connectivity index (χ4n) is 1.96. The molecule has 1 unspecified atom stereocenters. The summed E-state index contributed by atoms with van der Waals surface area (Å²) in [6.07, 6.45) is 1.86. The summed E-state index contributed by atoms with van der Waals surface area (Å²) in [6, 6.07) is 4.34. The van der Waals surface area contributed by atoms with Gasteiger partial charge in [0.2, 0.25) is 0 Å². The van der Waals surface area contributed by atoms with Crippen molar-refractivity contribution >= 4 is 0 Å². The molecule has 0 aliphatic carbocycles. The molecule has 0 bridgehead atoms. The van der Waals surface area contributed by atoms with E-state index in [4.69, 9.17) is 5.73 Å². The van der Waals surface area contributed by atoms with E-state index < -0.39 is 0 Å². The first-order valence-corrected chi connectivity index (χ1v) is 5.87. The van der Waals surface area contributed by atoms with E-state index in [0.29, 0.717) is 0 Å². The van der Waals surface area contributed by atoms with E-state index in [9.17, 15) is 0 Å². The fraction of sp³-hybridized carbons (Fsp3) is 0.357. The van der Waals surface area contributed by atoms with Crippen molar-refractivity contribution < 1.29 is 0 Å². The van der Waals surface area contributed by atoms with Gasteiger partial charge in [-0.2, -0.15) is 0 Å². The van der Waals surface area contributed by atoms with Gasteiger partial charge in [-0.15, -0.1) is 0 Å². The molecule has 1 aromatic heterocycles. The second-order valence-corrected chi connectivity index (χ2v) is 4.72. The molecule has 3 nitrogen and oxygen atoms in total. The molecule has 2 rings (SSSR count). The number of aromatic amines is 1. The summed E-state index contributed by atoms with van der Waals surface area (Å²) in [5.74, 6) is 0.831. The Labute approximate surface area is 102 Å². The Kier molecular flexibility index (Phi) is 3.03. The third kappa shape index (κ3) is 2.24. The van der Waals surface area contributed by atoms with E-state index >= 15 is 0 Å². The van der Waals surface area contributed by atoms with Crippen LogP contribution in [0.15, 0.2) is 18.3 Å². The number of nitrogens with one attached hydrogen (secondary N) is 1. The van der Waals surface area contributed by atoms with Crippen molar-refractivity contribution in [3.8, 4) is 11.3 Å². The topological polar surface area (TPSA) is 54.7 Å². The number of H-pyrrole nitrogens is 1. The van der Waals surface area contributed by atoms with Gasteiger partial charge in [0.15, 0.2) is 0 Å². The van der Waals surface area contributed by atoms with Gasteiger partial charge in [0.05, 0.1) is 17.9 Å². The monoisotopic (exact) mass is 229 g/mol. The standard InChI is InChI=1S/C14H19N3/c1-8-5-10(3)12(6-9(8)2)13-7-16-14(17-13)11(4)15/h5-7,11H,15H2,1-4H3,(H,16,17). The number of hydrogen-bond acceptors (Lipinski definition) is 2. The lowest BCUT2D eigenvalue weighted by molar-refractivity contribution is 0.756. The Hall–Kier alpha value is -1.61. The van der Waals surface area contributed by atoms with Gasteiger partial charge in [0.25, 0.3) is 0 Å². The summed E-state index contributed by atoms with van der Waals surface area (Å²) in [7, 11) is 0. The number of hydrogen-bond donors (Lipinski definition) is 2. The van der Waals surface area contributed by atoms with Crippen molar-refractivity contribution in [2.45, 2.75) is 33.7 Å². The van der Waals surface area contributed by atoms with Gasteiger partial charge in [0, 0.05) is 5.56 Å². The van der Waals surface area contributed by atoms with E-state index in [-0.39, 0.29) is 6.04 Å². The molecule has 0 radical (unpaired) electrons. The van der Waals surface area contributed by atoms with E-state index in [1.165, 1.54) is 22.3 Å². The van der Waals surface area contributed by atoms with E-state index in [2.05, 4.69) is 42.9 Å². The second kappa shape index (κ2) is 4.34. The van der Waals surface area contributed by atoms with Gasteiger partial charge in [-0.05, 0) is 50.5 Å². The smallest absolute Gasteiger partial charge is 0.123 e. The largest absolute Gasteiger partial charge is 0.341 e. The average Bonchev–Trinajstić information content (AvgIpc) is 2.72. The highest BCUT2D eigenvalue weighted by molar-refractivity contribution is 5.65. The highest BCUT2D eigenvalue weighted by atomic mass is 14.9. The quantitative estimate of drug-likeness (QED) is 0.831. The van der Waals surface area contributed by atoms with Gasteiger partial charge in [-0.25, -0.2) is 4.98 Å². The van der Waals surface area contributed by atoms with Crippen LogP contribution in [-0.2, 0) is 0 Å². The van der Waals surface area contributed by atoms with Crippen LogP contribution in [-0.4, -0.2) is 9.97 Å². The first kappa shape index (κ1) is 11.9. The van der Waals surface area contributed by atoms with Crippen LogP contribution in [0, 0.1) is 20.8 Å². The van der Waals surface area contributed by atoms with Crippen molar-refractivity contribution in [3.05, 3.63) is 40.8 Å². The van der Waals surface area contributed by atoms with Crippen LogP contribution in [0.4, 0.5) is 0 Å². The van der Waals surface area contributed by atoms with Crippen molar-refractivity contribution in [2.75, 3.05) is 0 Å². The van der Waals surface area contributed by atoms with Gasteiger partial charge < -0.3 is 10.7 Å². The summed E-state index contributed by atoms with van der Waals surface area (Å²) >= 11 is 0. The lowest BCUT2D eigenvalue weighted by Gasteiger charge is -2.08. The molecule has 1 heterocycles. The SMILES string of the molecule is Cc1cc(C)c(-c2cnc(C(C)N)[nH]2)cc1C. The molecular formula is C14H19N3. The maximum Gasteiger partial charge on any atom is 0.123 e. The van der Waals surface area contributed by atoms with Gasteiger partial charge >= 0.3 is 0 Å². The predicted molar refractivity (Wildman–Crippen MR) is 70.8 cm³/mol. The summed E-state index contributed by atoms with van der Waals surface area (Å²) in [6.45, 7) is 8.30. The first-order valence-electron chi connectivity index (χ1n) is 5.87. The summed E-state index contributed by atoms with van der Waals surface area (Å²) in [5.41, 5.74) is 11.9. The van der Waals surface area contributed by atoms with E-state index in [1.54, 1.807) is 0 Å². The van der Waals surface area contributed by atoms with Gasteiger partial charge in [-0.3, -0.25) is 0 Å². The lowest BCUT2D eigenvalue weighted by Crippen LogP contribution is -2.06. The average molecular weight is 229 g/mol. The number of nitrogens with two attached hydrogens (primary N) is 1. The van der Waals surface area contributed by atoms with Crippen LogP contribution in [0.2, 0.25) is 0 Å². The molecule has 3 heteroatoms. The Bertz CT molecular complexity index is 538. The Morgan fingerprint density at radius 1 is 1.12 bits per heavy atom. The normalized spacial score (nSPS) is 12.8. The molecule has 0 aliphatic heterocycles. The summed E-state index contributed by atoms with van der Waals surface area (Å²) in [5, 5.41) is 0. The van der Waals surface area contributed by atoms with Crippen LogP contribution in [0.3, 0.4) is 0 Å². The number of rotatable bonds is 2. The molecule has 2 aromatic rings. The third-order valence-electron chi connectivity index (χ3n) is 3.16. The molecule has 0 saturated carbocycles. The maximum atomic E-state index is 5.80. The third-order valence-corrected chi connectivity index (χ3v) is 3.16. The second-order valence-electron chi connectivity index (χ2n) is 4.72. The molecule has 3 N–H and O–H groups in total. The molecule has 0 saturated heterocycles. The molecule has 0 aliphatic rings. The summed E-state index contributed by atoms with van der Waals surface area (Å²) < 4.78 is 0. The molecule has 1 atom stereocenters. The van der Waals surface area contributed by atoms with Gasteiger partial charge in [-0.1, -0.05) is 6.07 Å². The fourth-order valence-corrected chi connectivity index (χ4v) is 1.96. The van der Waals surface area contributed by atoms with Crippen LogP contribution in [0.1, 0.15) is 35.5 Å². The predicted octanol–water partition coefficient (Wildman–Crippen LogP) is 3.02. The zero-order chi connectivity index (χ0) is 12.6. The number of aromatic nitrogens is 2. The number of benzene rings is 1. The van der Waals surface area contributed by atoms with Crippen molar-refractivity contribution in [1.29, 1.82) is 0 Å². The molecule has 0 amide bonds. The van der Waals surface area contributed by atoms with Crippen LogP contribution >= 0.6 is 0 Å². The number of aryl methyl sites for hydroxylation is 3. The van der Waals surface area contributed by atoms with E-state index in [0.717, 1.165) is 11.5 Å². The van der Waals surface area contributed by atoms with E-state index in [1.807, 2.05) is 13.1 Å². The first-order chi connectivity index (χ1) is 7.99. The molecule has 0 spiro atoms.